The Hall–Kier alpha value is -3.15. The molecule has 196 valence electrons. The van der Waals surface area contributed by atoms with Gasteiger partial charge in [-0.25, -0.2) is 4.79 Å². The lowest BCUT2D eigenvalue weighted by Crippen LogP contribution is -2.68. The van der Waals surface area contributed by atoms with Gasteiger partial charge in [0.15, 0.2) is 11.5 Å². The van der Waals surface area contributed by atoms with Gasteiger partial charge < -0.3 is 10.5 Å². The van der Waals surface area contributed by atoms with Crippen LogP contribution in [0.4, 0.5) is 0 Å². The van der Waals surface area contributed by atoms with Crippen LogP contribution >= 0.6 is 46.2 Å². The average molecular weight is 591 g/mol. The molecule has 1 amide bonds. The Morgan fingerprint density at radius 1 is 1.05 bits per heavy atom. The van der Waals surface area contributed by atoms with Gasteiger partial charge in [-0.05, 0) is 39.6 Å². The molecular formula is C29H22N2O4S4. The van der Waals surface area contributed by atoms with Gasteiger partial charge in [0, 0.05) is 11.8 Å². The molecule has 2 aliphatic rings. The molecule has 2 aliphatic heterocycles. The third kappa shape index (κ3) is 5.10. The first kappa shape index (κ1) is 26.1. The zero-order valence-corrected chi connectivity index (χ0v) is 23.7. The summed E-state index contributed by atoms with van der Waals surface area (Å²) >= 11 is 5.92. The minimum Gasteiger partial charge on any atom is -0.448 e. The second-order valence-corrected chi connectivity index (χ2v) is 13.2. The van der Waals surface area contributed by atoms with Crippen LogP contribution in [0.2, 0.25) is 0 Å². The lowest BCUT2D eigenvalue weighted by molar-refractivity contribution is -0.153. The van der Waals surface area contributed by atoms with E-state index in [-0.39, 0.29) is 22.4 Å². The summed E-state index contributed by atoms with van der Waals surface area (Å²) in [6, 6.07) is 22.0. The summed E-state index contributed by atoms with van der Waals surface area (Å²) in [7, 11) is 0. The Kier molecular flexibility index (Phi) is 7.46. The molecule has 2 N–H and O–H groups in total. The summed E-state index contributed by atoms with van der Waals surface area (Å²) in [5, 5.41) is 3.46. The Labute approximate surface area is 241 Å². The topological polar surface area (TPSA) is 89.7 Å². The fourth-order valence-electron chi connectivity index (χ4n) is 4.51. The Balaban J connectivity index is 1.32. The smallest absolute Gasteiger partial charge is 0.356 e. The van der Waals surface area contributed by atoms with Crippen LogP contribution in [0.5, 0.6) is 0 Å². The SMILES string of the molecule is NC1C(=O)N2C(C(=O)OC(c3ccccc3)c3ccccc3)=C(/C=C/Sc3cc(=O)c4sccc4s3)CSC12. The molecule has 1 saturated heterocycles. The number of β-lactam (4-membered cyclic amide) rings is 1. The third-order valence-electron chi connectivity index (χ3n) is 6.43. The van der Waals surface area contributed by atoms with Crippen LogP contribution in [0, 0.1) is 0 Å². The highest BCUT2D eigenvalue weighted by molar-refractivity contribution is 8.04. The maximum atomic E-state index is 13.8. The monoisotopic (exact) mass is 590 g/mol. The molecule has 0 spiro atoms. The molecule has 0 bridgehead atoms. The van der Waals surface area contributed by atoms with Crippen molar-refractivity contribution in [3.63, 3.8) is 0 Å². The van der Waals surface area contributed by atoms with Crippen molar-refractivity contribution in [2.45, 2.75) is 21.7 Å². The number of fused-ring (bicyclic) bond motifs is 2. The number of rotatable bonds is 7. The number of hydrogen-bond acceptors (Lipinski definition) is 9. The van der Waals surface area contributed by atoms with E-state index in [0.29, 0.717) is 11.3 Å². The van der Waals surface area contributed by atoms with E-state index >= 15 is 0 Å². The maximum Gasteiger partial charge on any atom is 0.356 e. The van der Waals surface area contributed by atoms with Crippen LogP contribution in [0.15, 0.2) is 110 Å². The average Bonchev–Trinajstić information content (AvgIpc) is 3.45. The van der Waals surface area contributed by atoms with E-state index < -0.39 is 18.1 Å². The van der Waals surface area contributed by atoms with Crippen LogP contribution in [0.1, 0.15) is 17.2 Å². The van der Waals surface area contributed by atoms with E-state index in [1.54, 1.807) is 17.4 Å². The molecule has 2 unspecified atom stereocenters. The minimum absolute atomic E-state index is 0.00206. The van der Waals surface area contributed by atoms with Gasteiger partial charge in [-0.1, -0.05) is 72.4 Å². The number of nitrogens with two attached hydrogens (primary N) is 1. The molecule has 2 aromatic heterocycles. The number of ether oxygens (including phenoxy) is 1. The first-order chi connectivity index (χ1) is 19.0. The zero-order chi connectivity index (χ0) is 26.9. The quantitative estimate of drug-likeness (QED) is 0.166. The van der Waals surface area contributed by atoms with Gasteiger partial charge >= 0.3 is 5.97 Å². The molecule has 4 heterocycles. The normalized spacial score (nSPS) is 19.0. The van der Waals surface area contributed by atoms with Crippen molar-refractivity contribution in [2.75, 3.05) is 5.75 Å². The molecular weight excluding hydrogens is 569 g/mol. The molecule has 10 heteroatoms. The van der Waals surface area contributed by atoms with Gasteiger partial charge in [-0.3, -0.25) is 14.5 Å². The van der Waals surface area contributed by atoms with Crippen LogP contribution in [0.3, 0.4) is 0 Å². The minimum atomic E-state index is -0.647. The summed E-state index contributed by atoms with van der Waals surface area (Å²) in [6.45, 7) is 0. The van der Waals surface area contributed by atoms with Crippen molar-refractivity contribution in [1.29, 1.82) is 0 Å². The number of esters is 1. The Morgan fingerprint density at radius 2 is 1.74 bits per heavy atom. The molecule has 1 fully saturated rings. The standard InChI is InChI=1S/C29H22N2O4S4/c30-23-27(33)31-24(29(34)35-25(17-7-3-1-4-8-17)18-9-5-2-6-10-18)19(16-38-28(23)31)11-13-36-22-15-20(32)26-21(39-22)12-14-37-26/h1-15,23,25,28H,16,30H2/b13-11+. The predicted octanol–water partition coefficient (Wildman–Crippen LogP) is 5.76. The van der Waals surface area contributed by atoms with E-state index in [2.05, 4.69) is 0 Å². The maximum absolute atomic E-state index is 13.8. The lowest BCUT2D eigenvalue weighted by Gasteiger charge is -2.48. The number of amides is 1. The molecule has 4 aromatic rings. The second kappa shape index (κ2) is 11.1. The molecule has 2 aromatic carbocycles. The van der Waals surface area contributed by atoms with Gasteiger partial charge in [0.25, 0.3) is 0 Å². The molecule has 6 nitrogen and oxygen atoms in total. The lowest BCUT2D eigenvalue weighted by atomic mass is 10.0. The Bertz CT molecular complexity index is 1620. The third-order valence-corrected chi connectivity index (χ3v) is 10.8. The number of carbonyl (C=O) groups is 2. The van der Waals surface area contributed by atoms with Gasteiger partial charge in [0.05, 0.1) is 13.6 Å². The van der Waals surface area contributed by atoms with Gasteiger partial charge in [0.2, 0.25) is 5.91 Å². The van der Waals surface area contributed by atoms with Crippen LogP contribution in [-0.2, 0) is 14.3 Å². The van der Waals surface area contributed by atoms with Crippen LogP contribution in [0.25, 0.3) is 9.40 Å². The van der Waals surface area contributed by atoms with Crippen molar-refractivity contribution >= 4 is 67.5 Å². The number of hydrogen-bond donors (Lipinski definition) is 1. The first-order valence-corrected chi connectivity index (χ1v) is 15.7. The van der Waals surface area contributed by atoms with E-state index in [1.165, 1.54) is 39.8 Å². The van der Waals surface area contributed by atoms with E-state index in [9.17, 15) is 14.4 Å². The van der Waals surface area contributed by atoms with E-state index in [1.807, 2.05) is 83.6 Å². The molecule has 2 atom stereocenters. The second-order valence-electron chi connectivity index (χ2n) is 8.88. The zero-order valence-electron chi connectivity index (χ0n) is 20.4. The first-order valence-electron chi connectivity index (χ1n) is 12.1. The van der Waals surface area contributed by atoms with Crippen molar-refractivity contribution in [1.82, 2.24) is 4.90 Å². The largest absolute Gasteiger partial charge is 0.448 e. The summed E-state index contributed by atoms with van der Waals surface area (Å²) < 4.78 is 8.69. The number of benzene rings is 2. The van der Waals surface area contributed by atoms with Crippen molar-refractivity contribution in [3.05, 3.63) is 122 Å². The number of nitrogens with zero attached hydrogens (tertiary/aromatic N) is 1. The number of thioether (sulfide) groups is 2. The molecule has 0 radical (unpaired) electrons. The molecule has 0 saturated carbocycles. The molecule has 6 rings (SSSR count). The summed E-state index contributed by atoms with van der Waals surface area (Å²) in [6.07, 6.45) is 1.19. The number of thiophene rings is 1. The van der Waals surface area contributed by atoms with Gasteiger partial charge in [0.1, 0.15) is 17.1 Å². The summed E-state index contributed by atoms with van der Waals surface area (Å²) in [5.41, 5.74) is 8.62. The fraction of sp³-hybridized carbons (Fsp3) is 0.138. The number of carbonyl (C=O) groups excluding carboxylic acids is 2. The highest BCUT2D eigenvalue weighted by atomic mass is 32.2. The predicted molar refractivity (Wildman–Crippen MR) is 160 cm³/mol. The van der Waals surface area contributed by atoms with Crippen molar-refractivity contribution < 1.29 is 14.3 Å². The van der Waals surface area contributed by atoms with Gasteiger partial charge in [-0.15, -0.1) is 34.4 Å². The van der Waals surface area contributed by atoms with Crippen molar-refractivity contribution in [2.24, 2.45) is 5.73 Å². The highest BCUT2D eigenvalue weighted by Crippen LogP contribution is 2.41. The molecule has 0 aliphatic carbocycles. The summed E-state index contributed by atoms with van der Waals surface area (Å²) in [5.74, 6) is -0.368. The highest BCUT2D eigenvalue weighted by Gasteiger charge is 2.52. The van der Waals surface area contributed by atoms with E-state index in [4.69, 9.17) is 10.5 Å². The van der Waals surface area contributed by atoms with Crippen LogP contribution in [-0.4, -0.2) is 33.9 Å². The molecule has 39 heavy (non-hydrogen) atoms. The van der Waals surface area contributed by atoms with Crippen molar-refractivity contribution in [3.8, 4) is 0 Å². The van der Waals surface area contributed by atoms with Crippen LogP contribution < -0.4 is 11.2 Å². The fourth-order valence-corrected chi connectivity index (χ4v) is 8.72. The Morgan fingerprint density at radius 3 is 2.44 bits per heavy atom. The summed E-state index contributed by atoms with van der Waals surface area (Å²) in [4.78, 5) is 40.5. The number of allylic oxidation sites excluding steroid dienone is 1. The van der Waals surface area contributed by atoms with E-state index in [0.717, 1.165) is 24.7 Å². The van der Waals surface area contributed by atoms with Gasteiger partial charge in [-0.2, -0.15) is 0 Å².